The normalized spacial score (nSPS) is 14.0. The van der Waals surface area contributed by atoms with Gasteiger partial charge in [-0.3, -0.25) is 0 Å². The molecule has 1 unspecified atom stereocenters. The molecule has 0 heterocycles. The van der Waals surface area contributed by atoms with Gasteiger partial charge in [0.05, 0.1) is 38.6 Å². The lowest BCUT2D eigenvalue weighted by molar-refractivity contribution is -0.0943. The molecule has 128 valence electrons. The molecule has 0 aliphatic carbocycles. The number of aliphatic hydroxyl groups is 3. The monoisotopic (exact) mass is 314 g/mol. The maximum atomic E-state index is 10.2. The van der Waals surface area contributed by atoms with Gasteiger partial charge >= 0.3 is 0 Å². The van der Waals surface area contributed by atoms with E-state index in [1.54, 1.807) is 6.92 Å². The Hall–Kier alpha value is -0.980. The van der Waals surface area contributed by atoms with Crippen LogP contribution >= 0.6 is 0 Å². The van der Waals surface area contributed by atoms with Crippen LogP contribution in [0, 0.1) is 0 Å². The van der Waals surface area contributed by atoms with Crippen molar-refractivity contribution in [1.82, 2.24) is 0 Å². The lowest BCUT2D eigenvalue weighted by Gasteiger charge is -2.28. The van der Waals surface area contributed by atoms with Crippen molar-refractivity contribution in [2.24, 2.45) is 0 Å². The largest absolute Gasteiger partial charge is 0.394 e. The first-order valence-electron chi connectivity index (χ1n) is 7.44. The zero-order valence-electron chi connectivity index (χ0n) is 14.1. The van der Waals surface area contributed by atoms with Crippen molar-refractivity contribution in [3.63, 3.8) is 0 Å². The van der Waals surface area contributed by atoms with Crippen LogP contribution in [0.2, 0.25) is 0 Å². The van der Waals surface area contributed by atoms with Crippen LogP contribution in [0.4, 0.5) is 0 Å². The highest BCUT2D eigenvalue weighted by atomic mass is 16.5. The number of aliphatic hydroxyl groups excluding tert-OH is 2. The molecule has 3 N–H and O–H groups in total. The molecule has 1 atom stereocenters. The first-order valence-corrected chi connectivity index (χ1v) is 7.44. The number of hydrogen-bond acceptors (Lipinski definition) is 5. The van der Waals surface area contributed by atoms with Crippen molar-refractivity contribution < 1.29 is 24.8 Å². The van der Waals surface area contributed by atoms with Crippen molar-refractivity contribution in [3.05, 3.63) is 35.9 Å². The smallest absolute Gasteiger partial charge is 0.110 e. The van der Waals surface area contributed by atoms with Crippen LogP contribution in [0.3, 0.4) is 0 Å². The summed E-state index contributed by atoms with van der Waals surface area (Å²) in [5.74, 6) is 0. The number of ether oxygens (including phenoxy) is 2. The Kier molecular flexibility index (Phi) is 10.2. The van der Waals surface area contributed by atoms with Crippen LogP contribution in [-0.2, 0) is 15.1 Å². The average molecular weight is 314 g/mol. The summed E-state index contributed by atoms with van der Waals surface area (Å²) in [5.41, 5.74) is -0.262. The fourth-order valence-electron chi connectivity index (χ4n) is 1.47. The highest BCUT2D eigenvalue weighted by Crippen LogP contribution is 2.22. The molecule has 5 heteroatoms. The zero-order chi connectivity index (χ0) is 17.1. The molecule has 0 spiro atoms. The van der Waals surface area contributed by atoms with Gasteiger partial charge in [-0.1, -0.05) is 30.3 Å². The summed E-state index contributed by atoms with van der Waals surface area (Å²) in [5, 5.41) is 26.4. The van der Waals surface area contributed by atoms with E-state index in [2.05, 4.69) is 4.74 Å². The molecule has 22 heavy (non-hydrogen) atoms. The van der Waals surface area contributed by atoms with E-state index >= 15 is 0 Å². The fraction of sp³-hybridized carbons (Fsp3) is 0.647. The van der Waals surface area contributed by atoms with E-state index in [1.807, 2.05) is 51.1 Å². The van der Waals surface area contributed by atoms with Gasteiger partial charge < -0.3 is 24.8 Å². The summed E-state index contributed by atoms with van der Waals surface area (Å²) in [4.78, 5) is 0. The molecule has 0 bridgehead atoms. The Morgan fingerprint density at radius 1 is 0.909 bits per heavy atom. The molecule has 0 aliphatic heterocycles. The van der Waals surface area contributed by atoms with Gasteiger partial charge in [-0.2, -0.15) is 0 Å². The second kappa shape index (κ2) is 10.7. The summed E-state index contributed by atoms with van der Waals surface area (Å²) in [6.07, 6.45) is 0. The third-order valence-electron chi connectivity index (χ3n) is 2.65. The quantitative estimate of drug-likeness (QED) is 0.668. The predicted molar refractivity (Wildman–Crippen MR) is 86.7 cm³/mol. The summed E-state index contributed by atoms with van der Waals surface area (Å²) >= 11 is 0. The van der Waals surface area contributed by atoms with Crippen molar-refractivity contribution in [2.45, 2.75) is 38.9 Å². The Balaban J connectivity index is 0.000000534. The molecule has 0 amide bonds. The molecular formula is C17H30O5. The minimum absolute atomic E-state index is 0.0278. The zero-order valence-corrected chi connectivity index (χ0v) is 14.1. The van der Waals surface area contributed by atoms with Gasteiger partial charge in [0.15, 0.2) is 0 Å². The summed E-state index contributed by atoms with van der Waals surface area (Å²) < 4.78 is 10.2. The first kappa shape index (κ1) is 21.0. The molecule has 0 aliphatic rings. The van der Waals surface area contributed by atoms with E-state index < -0.39 is 5.60 Å². The van der Waals surface area contributed by atoms with Crippen molar-refractivity contribution >= 4 is 0 Å². The van der Waals surface area contributed by atoms with Crippen LogP contribution < -0.4 is 0 Å². The molecule has 0 radical (unpaired) electrons. The molecule has 1 aromatic carbocycles. The van der Waals surface area contributed by atoms with E-state index in [1.165, 1.54) is 0 Å². The molecule has 1 rings (SSSR count). The van der Waals surface area contributed by atoms with Gasteiger partial charge in [0.25, 0.3) is 0 Å². The fourth-order valence-corrected chi connectivity index (χ4v) is 1.47. The Morgan fingerprint density at radius 2 is 1.41 bits per heavy atom. The molecule has 1 aromatic rings. The van der Waals surface area contributed by atoms with E-state index in [0.29, 0.717) is 19.8 Å². The summed E-state index contributed by atoms with van der Waals surface area (Å²) in [6.45, 7) is 8.71. The SMILES string of the molecule is CC(C)(C)OCC(C)(O)c1ccccc1.OCCOCCO. The maximum absolute atomic E-state index is 10.2. The topological polar surface area (TPSA) is 79.2 Å². The van der Waals surface area contributed by atoms with Crippen LogP contribution in [-0.4, -0.2) is 54.0 Å². The van der Waals surface area contributed by atoms with Gasteiger partial charge in [0.1, 0.15) is 5.60 Å². The first-order chi connectivity index (χ1) is 10.2. The van der Waals surface area contributed by atoms with Gasteiger partial charge in [-0.15, -0.1) is 0 Å². The second-order valence-electron chi connectivity index (χ2n) is 6.10. The highest BCUT2D eigenvalue weighted by molar-refractivity contribution is 5.21. The van der Waals surface area contributed by atoms with E-state index in [9.17, 15) is 5.11 Å². The maximum Gasteiger partial charge on any atom is 0.110 e. The third kappa shape index (κ3) is 10.7. The van der Waals surface area contributed by atoms with Crippen LogP contribution in [0.15, 0.2) is 30.3 Å². The number of rotatable bonds is 7. The molecule has 0 saturated heterocycles. The Labute approximate surface area is 133 Å². The minimum atomic E-state index is -0.922. The minimum Gasteiger partial charge on any atom is -0.394 e. The molecule has 0 saturated carbocycles. The van der Waals surface area contributed by atoms with E-state index in [4.69, 9.17) is 14.9 Å². The Bertz CT molecular complexity index is 366. The predicted octanol–water partition coefficient (Wildman–Crippen LogP) is 1.70. The number of benzene rings is 1. The van der Waals surface area contributed by atoms with E-state index in [0.717, 1.165) is 5.56 Å². The van der Waals surface area contributed by atoms with E-state index in [-0.39, 0.29) is 18.8 Å². The van der Waals surface area contributed by atoms with Gasteiger partial charge in [0.2, 0.25) is 0 Å². The van der Waals surface area contributed by atoms with Crippen LogP contribution in [0.5, 0.6) is 0 Å². The van der Waals surface area contributed by atoms with Crippen molar-refractivity contribution in [1.29, 1.82) is 0 Å². The van der Waals surface area contributed by atoms with Crippen molar-refractivity contribution in [2.75, 3.05) is 33.0 Å². The highest BCUT2D eigenvalue weighted by Gasteiger charge is 2.25. The Morgan fingerprint density at radius 3 is 1.82 bits per heavy atom. The standard InChI is InChI=1S/C13H20O2.C4H10O3/c1-12(2,3)15-10-13(4,14)11-8-6-5-7-9-11;5-1-3-7-4-2-6/h5-9,14H,10H2,1-4H3;5-6H,1-4H2. The lowest BCUT2D eigenvalue weighted by Crippen LogP contribution is -2.33. The number of hydrogen-bond donors (Lipinski definition) is 3. The van der Waals surface area contributed by atoms with Gasteiger partial charge in [0, 0.05) is 0 Å². The van der Waals surface area contributed by atoms with Crippen LogP contribution in [0.1, 0.15) is 33.3 Å². The molecular weight excluding hydrogens is 284 g/mol. The molecule has 0 aromatic heterocycles. The van der Waals surface area contributed by atoms with Crippen molar-refractivity contribution in [3.8, 4) is 0 Å². The van der Waals surface area contributed by atoms with Gasteiger partial charge in [-0.05, 0) is 33.3 Å². The summed E-state index contributed by atoms with van der Waals surface area (Å²) in [7, 11) is 0. The third-order valence-corrected chi connectivity index (χ3v) is 2.65. The summed E-state index contributed by atoms with van der Waals surface area (Å²) in [6, 6.07) is 9.59. The lowest BCUT2D eigenvalue weighted by atomic mass is 9.97. The average Bonchev–Trinajstić information content (AvgIpc) is 2.47. The molecule has 5 nitrogen and oxygen atoms in total. The van der Waals surface area contributed by atoms with Gasteiger partial charge in [-0.25, -0.2) is 0 Å². The van der Waals surface area contributed by atoms with Crippen LogP contribution in [0.25, 0.3) is 0 Å². The molecule has 0 fully saturated rings. The second-order valence-corrected chi connectivity index (χ2v) is 6.10.